The van der Waals surface area contributed by atoms with Crippen LogP contribution in [0.15, 0.2) is 54.6 Å². The summed E-state index contributed by atoms with van der Waals surface area (Å²) in [4.78, 5) is 55.3. The lowest BCUT2D eigenvalue weighted by Gasteiger charge is -2.30. The summed E-state index contributed by atoms with van der Waals surface area (Å²) >= 11 is 1.80. The van der Waals surface area contributed by atoms with Crippen LogP contribution >= 0.6 is 11.8 Å². The summed E-state index contributed by atoms with van der Waals surface area (Å²) in [5.41, 5.74) is 1.14. The van der Waals surface area contributed by atoms with Gasteiger partial charge >= 0.3 is 0 Å². The standard InChI is InChI=1S/C22H21N3O4S/c26-19(23-10-12-30-13-11-23)14-24(16-6-2-1-3-7-16)20(27)15-25-21(28)17-8-4-5-9-18(17)22(25)29/h1-9H,10-15H2. The molecule has 2 aliphatic rings. The molecule has 4 rings (SSSR count). The van der Waals surface area contributed by atoms with Crippen molar-refractivity contribution in [3.05, 3.63) is 65.7 Å². The number of amides is 4. The topological polar surface area (TPSA) is 78.0 Å². The third-order valence-corrected chi connectivity index (χ3v) is 6.14. The first-order chi connectivity index (χ1) is 14.6. The zero-order valence-corrected chi connectivity index (χ0v) is 17.1. The minimum absolute atomic E-state index is 0.128. The molecule has 8 heteroatoms. The molecule has 30 heavy (non-hydrogen) atoms. The van der Waals surface area contributed by atoms with Crippen LogP contribution in [-0.2, 0) is 9.59 Å². The summed E-state index contributed by atoms with van der Waals surface area (Å²) in [7, 11) is 0. The van der Waals surface area contributed by atoms with Gasteiger partial charge in [0.15, 0.2) is 0 Å². The number of para-hydroxylation sites is 1. The highest BCUT2D eigenvalue weighted by Crippen LogP contribution is 2.23. The molecule has 0 atom stereocenters. The van der Waals surface area contributed by atoms with Gasteiger partial charge in [0.2, 0.25) is 11.8 Å². The zero-order valence-electron chi connectivity index (χ0n) is 16.3. The number of rotatable bonds is 5. The van der Waals surface area contributed by atoms with E-state index in [0.29, 0.717) is 29.9 Å². The molecule has 7 nitrogen and oxygen atoms in total. The van der Waals surface area contributed by atoms with E-state index in [-0.39, 0.29) is 12.5 Å². The summed E-state index contributed by atoms with van der Waals surface area (Å²) in [6.45, 7) is 0.762. The van der Waals surface area contributed by atoms with Gasteiger partial charge < -0.3 is 9.80 Å². The molecule has 0 saturated carbocycles. The first kappa shape index (κ1) is 20.2. The molecule has 0 spiro atoms. The number of thioether (sulfide) groups is 1. The summed E-state index contributed by atoms with van der Waals surface area (Å²) in [5.74, 6) is 0.151. The van der Waals surface area contributed by atoms with Gasteiger partial charge in [-0.05, 0) is 24.3 Å². The largest absolute Gasteiger partial charge is 0.339 e. The number of fused-ring (bicyclic) bond motifs is 1. The van der Waals surface area contributed by atoms with E-state index in [4.69, 9.17) is 0 Å². The predicted octanol–water partition coefficient (Wildman–Crippen LogP) is 1.89. The fourth-order valence-corrected chi connectivity index (χ4v) is 4.49. The first-order valence-electron chi connectivity index (χ1n) is 9.72. The molecule has 0 aliphatic carbocycles. The Hall–Kier alpha value is -3.13. The smallest absolute Gasteiger partial charge is 0.262 e. The van der Waals surface area contributed by atoms with Gasteiger partial charge in [-0.3, -0.25) is 24.1 Å². The number of carbonyl (C=O) groups is 4. The molecule has 2 aromatic carbocycles. The molecular formula is C22H21N3O4S. The van der Waals surface area contributed by atoms with Crippen LogP contribution < -0.4 is 4.90 Å². The van der Waals surface area contributed by atoms with Crippen molar-refractivity contribution in [2.75, 3.05) is 42.6 Å². The molecule has 154 valence electrons. The van der Waals surface area contributed by atoms with E-state index >= 15 is 0 Å². The number of benzene rings is 2. The van der Waals surface area contributed by atoms with Gasteiger partial charge in [-0.1, -0.05) is 30.3 Å². The van der Waals surface area contributed by atoms with Crippen molar-refractivity contribution in [1.82, 2.24) is 9.80 Å². The second-order valence-corrected chi connectivity index (χ2v) is 8.28. The van der Waals surface area contributed by atoms with E-state index < -0.39 is 24.3 Å². The zero-order chi connectivity index (χ0) is 21.1. The number of imide groups is 1. The van der Waals surface area contributed by atoms with E-state index in [1.165, 1.54) is 4.90 Å². The van der Waals surface area contributed by atoms with E-state index in [0.717, 1.165) is 16.4 Å². The Kier molecular flexibility index (Phi) is 5.85. The molecule has 2 heterocycles. The van der Waals surface area contributed by atoms with Crippen LogP contribution in [0, 0.1) is 0 Å². The first-order valence-corrected chi connectivity index (χ1v) is 10.9. The van der Waals surface area contributed by atoms with Crippen molar-refractivity contribution in [3.63, 3.8) is 0 Å². The van der Waals surface area contributed by atoms with Crippen molar-refractivity contribution >= 4 is 41.1 Å². The minimum atomic E-state index is -0.489. The Morgan fingerprint density at radius 3 is 2.03 bits per heavy atom. The molecule has 0 radical (unpaired) electrons. The summed E-state index contributed by atoms with van der Waals surface area (Å²) in [6, 6.07) is 15.4. The van der Waals surface area contributed by atoms with Gasteiger partial charge in [0.1, 0.15) is 13.1 Å². The molecular weight excluding hydrogens is 402 g/mol. The molecule has 2 aliphatic heterocycles. The van der Waals surface area contributed by atoms with Crippen molar-refractivity contribution in [2.24, 2.45) is 0 Å². The van der Waals surface area contributed by atoms with E-state index in [1.54, 1.807) is 65.2 Å². The average molecular weight is 423 g/mol. The Labute approximate surface area is 178 Å². The number of carbonyl (C=O) groups excluding carboxylic acids is 4. The molecule has 1 fully saturated rings. The maximum atomic E-state index is 13.2. The lowest BCUT2D eigenvalue weighted by molar-refractivity contribution is -0.131. The van der Waals surface area contributed by atoms with Crippen molar-refractivity contribution in [2.45, 2.75) is 0 Å². The summed E-state index contributed by atoms with van der Waals surface area (Å²) < 4.78 is 0. The molecule has 0 unspecified atom stereocenters. The normalized spacial score (nSPS) is 15.9. The molecule has 0 bridgehead atoms. The summed E-state index contributed by atoms with van der Waals surface area (Å²) in [6.07, 6.45) is 0. The average Bonchev–Trinajstić information content (AvgIpc) is 3.03. The van der Waals surface area contributed by atoms with E-state index in [2.05, 4.69) is 0 Å². The van der Waals surface area contributed by atoms with Crippen LogP contribution in [0.3, 0.4) is 0 Å². The molecule has 2 aromatic rings. The van der Waals surface area contributed by atoms with Gasteiger partial charge in [-0.2, -0.15) is 11.8 Å². The molecule has 4 amide bonds. The number of hydrogen-bond acceptors (Lipinski definition) is 5. The molecule has 0 N–H and O–H groups in total. The van der Waals surface area contributed by atoms with Crippen molar-refractivity contribution in [3.8, 4) is 0 Å². The molecule has 0 aromatic heterocycles. The number of nitrogens with zero attached hydrogens (tertiary/aromatic N) is 3. The van der Waals surface area contributed by atoms with Crippen LogP contribution in [-0.4, -0.2) is 71.1 Å². The van der Waals surface area contributed by atoms with Gasteiger partial charge in [-0.15, -0.1) is 0 Å². The lowest BCUT2D eigenvalue weighted by Crippen LogP contribution is -2.49. The van der Waals surface area contributed by atoms with Crippen molar-refractivity contribution in [1.29, 1.82) is 0 Å². The number of anilines is 1. The fraction of sp³-hybridized carbons (Fsp3) is 0.273. The lowest BCUT2D eigenvalue weighted by atomic mass is 10.1. The van der Waals surface area contributed by atoms with Crippen LogP contribution in [0.4, 0.5) is 5.69 Å². The Bertz CT molecular complexity index is 954. The Morgan fingerprint density at radius 1 is 0.867 bits per heavy atom. The Balaban J connectivity index is 1.54. The van der Waals surface area contributed by atoms with Gasteiger partial charge in [-0.25, -0.2) is 0 Å². The Morgan fingerprint density at radius 2 is 1.43 bits per heavy atom. The monoisotopic (exact) mass is 423 g/mol. The van der Waals surface area contributed by atoms with Crippen LogP contribution in [0.25, 0.3) is 0 Å². The third-order valence-electron chi connectivity index (χ3n) is 5.20. The second kappa shape index (κ2) is 8.71. The van der Waals surface area contributed by atoms with Crippen LogP contribution in [0.1, 0.15) is 20.7 Å². The summed E-state index contributed by atoms with van der Waals surface area (Å²) in [5, 5.41) is 0. The highest BCUT2D eigenvalue weighted by molar-refractivity contribution is 7.99. The fourth-order valence-electron chi connectivity index (χ4n) is 3.58. The quantitative estimate of drug-likeness (QED) is 0.687. The number of hydrogen-bond donors (Lipinski definition) is 0. The predicted molar refractivity (Wildman–Crippen MR) is 115 cm³/mol. The van der Waals surface area contributed by atoms with Gasteiger partial charge in [0.05, 0.1) is 11.1 Å². The maximum Gasteiger partial charge on any atom is 0.262 e. The van der Waals surface area contributed by atoms with Crippen molar-refractivity contribution < 1.29 is 19.2 Å². The van der Waals surface area contributed by atoms with Gasteiger partial charge in [0, 0.05) is 30.3 Å². The second-order valence-electron chi connectivity index (χ2n) is 7.05. The van der Waals surface area contributed by atoms with Crippen LogP contribution in [0.5, 0.6) is 0 Å². The SMILES string of the molecule is O=C(CN(C(=O)CN1C(=O)c2ccccc2C1=O)c1ccccc1)N1CCSCC1. The van der Waals surface area contributed by atoms with E-state index in [9.17, 15) is 19.2 Å². The maximum absolute atomic E-state index is 13.2. The highest BCUT2D eigenvalue weighted by atomic mass is 32.2. The van der Waals surface area contributed by atoms with Gasteiger partial charge in [0.25, 0.3) is 11.8 Å². The van der Waals surface area contributed by atoms with E-state index in [1.807, 2.05) is 6.07 Å². The third kappa shape index (κ3) is 3.95. The van der Waals surface area contributed by atoms with Crippen LogP contribution in [0.2, 0.25) is 0 Å². The highest BCUT2D eigenvalue weighted by Gasteiger charge is 2.37. The minimum Gasteiger partial charge on any atom is -0.339 e. The molecule has 1 saturated heterocycles.